The Bertz CT molecular complexity index is 394. The highest BCUT2D eigenvalue weighted by Gasteiger charge is 2.04. The van der Waals surface area contributed by atoms with Crippen molar-refractivity contribution in [1.29, 1.82) is 0 Å². The maximum absolute atomic E-state index is 5.96. The molecule has 0 aliphatic carbocycles. The summed E-state index contributed by atoms with van der Waals surface area (Å²) in [6, 6.07) is 7.52. The van der Waals surface area contributed by atoms with Crippen molar-refractivity contribution in [3.63, 3.8) is 0 Å². The van der Waals surface area contributed by atoms with Crippen LogP contribution in [-0.4, -0.2) is 12.6 Å². The molecule has 86 valence electrons. The molecule has 0 aliphatic heterocycles. The van der Waals surface area contributed by atoms with E-state index in [2.05, 4.69) is 0 Å². The Balaban J connectivity index is 3.00. The lowest BCUT2D eigenvalue weighted by molar-refractivity contribution is 0.911. The van der Waals surface area contributed by atoms with Gasteiger partial charge in [0, 0.05) is 18.3 Å². The Hall–Kier alpha value is -1.58. The standard InChI is InChI=1S/C13H19N3/c1-2-5-12(15)11(9-14)8-10-6-3-4-7-13(10)16/h2-8,12H,9,14-16H2,1H3/b5-2-,11-8+. The van der Waals surface area contributed by atoms with Crippen LogP contribution in [0.2, 0.25) is 0 Å². The van der Waals surface area contributed by atoms with Gasteiger partial charge in [-0.2, -0.15) is 0 Å². The Labute approximate surface area is 96.6 Å². The molecule has 1 rings (SSSR count). The zero-order valence-electron chi connectivity index (χ0n) is 9.56. The molecule has 1 atom stereocenters. The molecular weight excluding hydrogens is 198 g/mol. The summed E-state index contributed by atoms with van der Waals surface area (Å²) in [6.45, 7) is 2.37. The van der Waals surface area contributed by atoms with Crippen LogP contribution >= 0.6 is 0 Å². The molecule has 0 saturated carbocycles. The van der Waals surface area contributed by atoms with E-state index >= 15 is 0 Å². The molecule has 6 N–H and O–H groups in total. The van der Waals surface area contributed by atoms with Crippen LogP contribution in [0.15, 0.2) is 42.0 Å². The summed E-state index contributed by atoms with van der Waals surface area (Å²) >= 11 is 0. The zero-order chi connectivity index (χ0) is 12.0. The van der Waals surface area contributed by atoms with E-state index in [9.17, 15) is 0 Å². The van der Waals surface area contributed by atoms with Gasteiger partial charge in [0.2, 0.25) is 0 Å². The first kappa shape index (κ1) is 12.5. The van der Waals surface area contributed by atoms with Gasteiger partial charge in [0.15, 0.2) is 0 Å². The highest BCUT2D eigenvalue weighted by molar-refractivity contribution is 5.67. The number of nitrogen functional groups attached to an aromatic ring is 1. The third kappa shape index (κ3) is 3.22. The topological polar surface area (TPSA) is 78.1 Å². The van der Waals surface area contributed by atoms with E-state index in [1.165, 1.54) is 0 Å². The van der Waals surface area contributed by atoms with Gasteiger partial charge in [0.05, 0.1) is 0 Å². The van der Waals surface area contributed by atoms with Crippen molar-refractivity contribution >= 4 is 11.8 Å². The lowest BCUT2D eigenvalue weighted by Crippen LogP contribution is -2.24. The number of rotatable bonds is 4. The second-order valence-corrected chi connectivity index (χ2v) is 3.60. The normalized spacial score (nSPS) is 14.3. The molecule has 0 radical (unpaired) electrons. The van der Waals surface area contributed by atoms with Gasteiger partial charge in [0.1, 0.15) is 0 Å². The zero-order valence-corrected chi connectivity index (χ0v) is 9.56. The minimum Gasteiger partial charge on any atom is -0.398 e. The molecule has 3 heteroatoms. The Kier molecular flexibility index (Phi) is 4.76. The minimum atomic E-state index is -0.144. The first-order chi connectivity index (χ1) is 7.69. The van der Waals surface area contributed by atoms with Crippen LogP contribution in [-0.2, 0) is 0 Å². The van der Waals surface area contributed by atoms with Gasteiger partial charge in [-0.05, 0) is 24.1 Å². The van der Waals surface area contributed by atoms with Crippen LogP contribution < -0.4 is 17.2 Å². The number of hydrogen-bond acceptors (Lipinski definition) is 3. The third-order valence-corrected chi connectivity index (χ3v) is 2.40. The summed E-state index contributed by atoms with van der Waals surface area (Å²) in [5.74, 6) is 0. The number of nitrogens with two attached hydrogens (primary N) is 3. The Morgan fingerprint density at radius 3 is 2.62 bits per heavy atom. The van der Waals surface area contributed by atoms with Crippen LogP contribution in [0.1, 0.15) is 12.5 Å². The molecule has 0 amide bonds. The number of allylic oxidation sites excluding steroid dienone is 1. The molecule has 0 saturated heterocycles. The van der Waals surface area contributed by atoms with Gasteiger partial charge in [-0.15, -0.1) is 0 Å². The van der Waals surface area contributed by atoms with Crippen molar-refractivity contribution < 1.29 is 0 Å². The summed E-state index contributed by atoms with van der Waals surface area (Å²) in [4.78, 5) is 0. The van der Waals surface area contributed by atoms with Gasteiger partial charge in [-0.1, -0.05) is 36.4 Å². The number of anilines is 1. The average molecular weight is 217 g/mol. The van der Waals surface area contributed by atoms with E-state index in [0.717, 1.165) is 16.8 Å². The summed E-state index contributed by atoms with van der Waals surface area (Å²) in [5, 5.41) is 0. The van der Waals surface area contributed by atoms with E-state index < -0.39 is 0 Å². The fraction of sp³-hybridized carbons (Fsp3) is 0.231. The summed E-state index contributed by atoms with van der Waals surface area (Å²) in [7, 11) is 0. The molecule has 1 unspecified atom stereocenters. The first-order valence-electron chi connectivity index (χ1n) is 5.32. The Morgan fingerprint density at radius 2 is 2.06 bits per heavy atom. The molecule has 3 nitrogen and oxygen atoms in total. The maximum Gasteiger partial charge on any atom is 0.0455 e. The van der Waals surface area contributed by atoms with Gasteiger partial charge >= 0.3 is 0 Å². The van der Waals surface area contributed by atoms with Crippen molar-refractivity contribution in [2.45, 2.75) is 13.0 Å². The van der Waals surface area contributed by atoms with Crippen LogP contribution in [0.4, 0.5) is 5.69 Å². The molecular formula is C13H19N3. The van der Waals surface area contributed by atoms with Crippen molar-refractivity contribution in [2.24, 2.45) is 11.5 Å². The lowest BCUT2D eigenvalue weighted by Gasteiger charge is -2.11. The minimum absolute atomic E-state index is 0.144. The third-order valence-electron chi connectivity index (χ3n) is 2.40. The van der Waals surface area contributed by atoms with Crippen LogP contribution in [0.3, 0.4) is 0 Å². The van der Waals surface area contributed by atoms with Crippen molar-refractivity contribution in [2.75, 3.05) is 12.3 Å². The van der Waals surface area contributed by atoms with Crippen molar-refractivity contribution in [1.82, 2.24) is 0 Å². The number of benzene rings is 1. The van der Waals surface area contributed by atoms with Gasteiger partial charge in [-0.3, -0.25) is 0 Å². The van der Waals surface area contributed by atoms with E-state index in [1.807, 2.05) is 49.4 Å². The smallest absolute Gasteiger partial charge is 0.0455 e. The molecule has 0 aliphatic rings. The second-order valence-electron chi connectivity index (χ2n) is 3.60. The predicted octanol–water partition coefficient (Wildman–Crippen LogP) is 1.51. The fourth-order valence-electron chi connectivity index (χ4n) is 1.46. The quantitative estimate of drug-likeness (QED) is 0.528. The van der Waals surface area contributed by atoms with Gasteiger partial charge in [0.25, 0.3) is 0 Å². The molecule has 1 aromatic carbocycles. The lowest BCUT2D eigenvalue weighted by atomic mass is 10.0. The number of para-hydroxylation sites is 1. The van der Waals surface area contributed by atoms with Crippen LogP contribution in [0.5, 0.6) is 0 Å². The Morgan fingerprint density at radius 1 is 1.38 bits per heavy atom. The van der Waals surface area contributed by atoms with E-state index in [0.29, 0.717) is 6.54 Å². The van der Waals surface area contributed by atoms with Crippen molar-refractivity contribution in [3.8, 4) is 0 Å². The molecule has 16 heavy (non-hydrogen) atoms. The molecule has 0 spiro atoms. The summed E-state index contributed by atoms with van der Waals surface area (Å²) in [5.41, 5.74) is 20.2. The SMILES string of the molecule is C/C=C\C(N)/C(=C/c1ccccc1N)CN. The summed E-state index contributed by atoms with van der Waals surface area (Å²) < 4.78 is 0. The fourth-order valence-corrected chi connectivity index (χ4v) is 1.46. The first-order valence-corrected chi connectivity index (χ1v) is 5.32. The van der Waals surface area contributed by atoms with E-state index in [1.54, 1.807) is 0 Å². The van der Waals surface area contributed by atoms with Crippen LogP contribution in [0.25, 0.3) is 6.08 Å². The van der Waals surface area contributed by atoms with Gasteiger partial charge in [-0.25, -0.2) is 0 Å². The average Bonchev–Trinajstić information content (AvgIpc) is 2.28. The van der Waals surface area contributed by atoms with E-state index in [-0.39, 0.29) is 6.04 Å². The number of hydrogen-bond donors (Lipinski definition) is 3. The molecule has 0 fully saturated rings. The summed E-state index contributed by atoms with van der Waals surface area (Å²) in [6.07, 6.45) is 5.79. The molecule has 0 aromatic heterocycles. The van der Waals surface area contributed by atoms with E-state index in [4.69, 9.17) is 17.2 Å². The van der Waals surface area contributed by atoms with Gasteiger partial charge < -0.3 is 17.2 Å². The molecule has 0 heterocycles. The molecule has 0 bridgehead atoms. The van der Waals surface area contributed by atoms with Crippen LogP contribution in [0, 0.1) is 0 Å². The monoisotopic (exact) mass is 217 g/mol. The largest absolute Gasteiger partial charge is 0.398 e. The van der Waals surface area contributed by atoms with Crippen molar-refractivity contribution in [3.05, 3.63) is 47.6 Å². The predicted molar refractivity (Wildman–Crippen MR) is 70.7 cm³/mol. The maximum atomic E-state index is 5.96. The second kappa shape index (κ2) is 6.10. The highest BCUT2D eigenvalue weighted by atomic mass is 14.7. The molecule has 1 aromatic rings. The highest BCUT2D eigenvalue weighted by Crippen LogP contribution is 2.15.